The van der Waals surface area contributed by atoms with Gasteiger partial charge in [-0.25, -0.2) is 4.79 Å². The van der Waals surface area contributed by atoms with Gasteiger partial charge in [-0.1, -0.05) is 0 Å². The molecule has 0 N–H and O–H groups in total. The van der Waals surface area contributed by atoms with Crippen molar-refractivity contribution in [2.45, 2.75) is 6.92 Å². The number of carbonyl (C=O) groups excluding carboxylic acids is 1. The highest BCUT2D eigenvalue weighted by Crippen LogP contribution is 2.31. The molecule has 1 aromatic rings. The van der Waals surface area contributed by atoms with Crippen LogP contribution in [-0.4, -0.2) is 24.6 Å². The number of rotatable bonds is 4. The summed E-state index contributed by atoms with van der Waals surface area (Å²) in [6.45, 7) is 1.78. The molecular weight excluding hydrogens is 240 g/mol. The quantitative estimate of drug-likeness (QED) is 0.457. The highest BCUT2D eigenvalue weighted by Gasteiger charge is 2.25. The minimum absolute atomic E-state index is 0.0125. The Kier molecular flexibility index (Phi) is 4.21. The molecule has 0 atom stereocenters. The van der Waals surface area contributed by atoms with Gasteiger partial charge in [-0.05, 0) is 13.0 Å². The van der Waals surface area contributed by atoms with Gasteiger partial charge in [0.2, 0.25) is 0 Å². The van der Waals surface area contributed by atoms with Crippen LogP contribution in [0.15, 0.2) is 12.1 Å². The van der Waals surface area contributed by atoms with Crippen LogP contribution >= 0.6 is 0 Å². The van der Waals surface area contributed by atoms with E-state index in [2.05, 4.69) is 0 Å². The molecule has 0 saturated carbocycles. The minimum Gasteiger partial charge on any atom is -0.494 e. The van der Waals surface area contributed by atoms with Crippen LogP contribution in [0.25, 0.3) is 0 Å². The van der Waals surface area contributed by atoms with Crippen molar-refractivity contribution in [3.8, 4) is 11.8 Å². The van der Waals surface area contributed by atoms with E-state index in [-0.39, 0.29) is 23.5 Å². The van der Waals surface area contributed by atoms with Crippen LogP contribution in [0.2, 0.25) is 0 Å². The Labute approximate surface area is 103 Å². The number of hydrogen-bond donors (Lipinski definition) is 0. The van der Waals surface area contributed by atoms with Crippen molar-refractivity contribution in [2.75, 3.05) is 13.7 Å². The lowest BCUT2D eigenvalue weighted by Crippen LogP contribution is -2.09. The molecule has 18 heavy (non-hydrogen) atoms. The topological polar surface area (TPSA) is 102 Å². The number of nitro benzene ring substituents is 1. The molecule has 0 aromatic heterocycles. The van der Waals surface area contributed by atoms with Gasteiger partial charge < -0.3 is 9.47 Å². The smallest absolute Gasteiger partial charge is 0.341 e. The molecule has 1 aromatic carbocycles. The van der Waals surface area contributed by atoms with Gasteiger partial charge in [0.25, 0.3) is 5.69 Å². The van der Waals surface area contributed by atoms with E-state index < -0.39 is 16.6 Å². The first-order chi connectivity index (χ1) is 8.56. The van der Waals surface area contributed by atoms with Gasteiger partial charge in [-0.3, -0.25) is 10.1 Å². The first kappa shape index (κ1) is 13.4. The maximum Gasteiger partial charge on any atom is 0.341 e. The van der Waals surface area contributed by atoms with Crippen LogP contribution in [-0.2, 0) is 4.74 Å². The predicted octanol–water partition coefficient (Wildman–Crippen LogP) is 1.65. The average molecular weight is 250 g/mol. The number of ether oxygens (including phenoxy) is 2. The van der Waals surface area contributed by atoms with Gasteiger partial charge in [0.1, 0.15) is 11.6 Å². The minimum atomic E-state index is -0.712. The van der Waals surface area contributed by atoms with Crippen LogP contribution in [0.3, 0.4) is 0 Å². The summed E-state index contributed by atoms with van der Waals surface area (Å²) in [6, 6.07) is 3.94. The molecule has 0 spiro atoms. The molecule has 0 fully saturated rings. The molecule has 94 valence electrons. The number of carbonyl (C=O) groups is 1. The summed E-state index contributed by atoms with van der Waals surface area (Å²) < 4.78 is 9.67. The summed E-state index contributed by atoms with van der Waals surface area (Å²) in [7, 11) is 1.22. The molecular formula is C11H10N2O5. The zero-order chi connectivity index (χ0) is 13.7. The van der Waals surface area contributed by atoms with Gasteiger partial charge >= 0.3 is 5.97 Å². The summed E-state index contributed by atoms with van der Waals surface area (Å²) in [5.41, 5.74) is -0.725. The number of esters is 1. The molecule has 0 heterocycles. The standard InChI is InChI=1S/C11H10N2O5/c1-3-18-11(14)7-4-5-9(13(15)16)8(6-12)10(7)17-2/h4-5H,3H2,1-2H3. The fourth-order valence-electron chi connectivity index (χ4n) is 1.41. The van der Waals surface area contributed by atoms with Crippen molar-refractivity contribution in [1.82, 2.24) is 0 Å². The van der Waals surface area contributed by atoms with Crippen molar-refractivity contribution >= 4 is 11.7 Å². The summed E-state index contributed by atoms with van der Waals surface area (Å²) in [4.78, 5) is 21.6. The maximum absolute atomic E-state index is 11.6. The number of benzene rings is 1. The molecule has 0 amide bonds. The van der Waals surface area contributed by atoms with Crippen molar-refractivity contribution in [2.24, 2.45) is 0 Å². The van der Waals surface area contributed by atoms with E-state index in [1.165, 1.54) is 13.2 Å². The van der Waals surface area contributed by atoms with E-state index in [1.807, 2.05) is 0 Å². The summed E-state index contributed by atoms with van der Waals surface area (Å²) in [5, 5.41) is 19.7. The van der Waals surface area contributed by atoms with E-state index >= 15 is 0 Å². The third-order valence-electron chi connectivity index (χ3n) is 2.14. The number of nitro groups is 1. The number of nitrogens with zero attached hydrogens (tertiary/aromatic N) is 2. The van der Waals surface area contributed by atoms with E-state index in [9.17, 15) is 14.9 Å². The molecule has 7 heteroatoms. The van der Waals surface area contributed by atoms with Crippen LogP contribution < -0.4 is 4.74 Å². The third kappa shape index (κ3) is 2.38. The lowest BCUT2D eigenvalue weighted by atomic mass is 10.1. The van der Waals surface area contributed by atoms with Crippen molar-refractivity contribution in [3.05, 3.63) is 33.4 Å². The summed E-state index contributed by atoms with van der Waals surface area (Å²) >= 11 is 0. The fraction of sp³-hybridized carbons (Fsp3) is 0.273. The van der Waals surface area contributed by atoms with Crippen molar-refractivity contribution < 1.29 is 19.2 Å². The first-order valence-electron chi connectivity index (χ1n) is 4.99. The van der Waals surface area contributed by atoms with Crippen LogP contribution in [0.4, 0.5) is 5.69 Å². The zero-order valence-corrected chi connectivity index (χ0v) is 9.80. The molecule has 0 aliphatic heterocycles. The molecule has 1 rings (SSSR count). The fourth-order valence-corrected chi connectivity index (χ4v) is 1.41. The Hall–Kier alpha value is -2.62. The maximum atomic E-state index is 11.6. The lowest BCUT2D eigenvalue weighted by molar-refractivity contribution is -0.385. The normalized spacial score (nSPS) is 9.39. The van der Waals surface area contributed by atoms with Crippen LogP contribution in [0, 0.1) is 21.4 Å². The Morgan fingerprint density at radius 3 is 2.67 bits per heavy atom. The molecule has 0 bridgehead atoms. The number of methoxy groups -OCH3 is 1. The van der Waals surface area contributed by atoms with Gasteiger partial charge in [-0.2, -0.15) is 5.26 Å². The van der Waals surface area contributed by atoms with Crippen molar-refractivity contribution in [1.29, 1.82) is 5.26 Å². The van der Waals surface area contributed by atoms with Gasteiger partial charge in [0, 0.05) is 6.07 Å². The molecule has 0 unspecified atom stereocenters. The Morgan fingerprint density at radius 1 is 1.56 bits per heavy atom. The van der Waals surface area contributed by atoms with E-state index in [0.717, 1.165) is 6.07 Å². The summed E-state index contributed by atoms with van der Waals surface area (Å²) in [5.74, 6) is -0.842. The monoisotopic (exact) mass is 250 g/mol. The lowest BCUT2D eigenvalue weighted by Gasteiger charge is -2.09. The van der Waals surface area contributed by atoms with Crippen molar-refractivity contribution in [3.63, 3.8) is 0 Å². The van der Waals surface area contributed by atoms with E-state index in [4.69, 9.17) is 14.7 Å². The SMILES string of the molecule is CCOC(=O)c1ccc([N+](=O)[O-])c(C#N)c1OC. The van der Waals surface area contributed by atoms with E-state index in [1.54, 1.807) is 13.0 Å². The predicted molar refractivity (Wildman–Crippen MR) is 60.3 cm³/mol. The Balaban J connectivity index is 3.45. The van der Waals surface area contributed by atoms with Gasteiger partial charge in [0.05, 0.1) is 18.6 Å². The average Bonchev–Trinajstić information content (AvgIpc) is 2.36. The third-order valence-corrected chi connectivity index (χ3v) is 2.14. The second kappa shape index (κ2) is 5.63. The summed E-state index contributed by atoms with van der Waals surface area (Å²) in [6.07, 6.45) is 0. The number of hydrogen-bond acceptors (Lipinski definition) is 6. The van der Waals surface area contributed by atoms with Crippen LogP contribution in [0.5, 0.6) is 5.75 Å². The molecule has 0 saturated heterocycles. The van der Waals surface area contributed by atoms with Crippen LogP contribution in [0.1, 0.15) is 22.8 Å². The number of nitriles is 1. The molecule has 0 aliphatic rings. The molecule has 0 radical (unpaired) electrons. The second-order valence-corrected chi connectivity index (χ2v) is 3.13. The zero-order valence-electron chi connectivity index (χ0n) is 9.80. The largest absolute Gasteiger partial charge is 0.494 e. The van der Waals surface area contributed by atoms with Gasteiger partial charge in [0.15, 0.2) is 11.3 Å². The first-order valence-corrected chi connectivity index (χ1v) is 4.99. The second-order valence-electron chi connectivity index (χ2n) is 3.13. The van der Waals surface area contributed by atoms with E-state index in [0.29, 0.717) is 0 Å². The highest BCUT2D eigenvalue weighted by atomic mass is 16.6. The Bertz CT molecular complexity index is 533. The molecule has 0 aliphatic carbocycles. The Morgan fingerprint density at radius 2 is 2.22 bits per heavy atom. The highest BCUT2D eigenvalue weighted by molar-refractivity contribution is 5.94. The molecule has 7 nitrogen and oxygen atoms in total. The van der Waals surface area contributed by atoms with Gasteiger partial charge in [-0.15, -0.1) is 0 Å².